The Hall–Kier alpha value is -3.60. The number of nitrogens with one attached hydrogen (secondary N) is 1. The second-order valence-corrected chi connectivity index (χ2v) is 5.72. The second-order valence-electron chi connectivity index (χ2n) is 5.72. The number of para-hydroxylation sites is 1. The minimum Gasteiger partial charge on any atom is -0.497 e. The summed E-state index contributed by atoms with van der Waals surface area (Å²) in [6.07, 6.45) is 1.56. The summed E-state index contributed by atoms with van der Waals surface area (Å²) in [6.45, 7) is -0.121. The van der Waals surface area contributed by atoms with Crippen molar-refractivity contribution in [1.82, 2.24) is 5.43 Å². The van der Waals surface area contributed by atoms with Crippen LogP contribution in [-0.4, -0.2) is 25.8 Å². The van der Waals surface area contributed by atoms with E-state index in [1.165, 1.54) is 0 Å². The Bertz CT molecular complexity index is 906. The predicted octanol–water partition coefficient (Wildman–Crippen LogP) is 3.89. The first-order valence-electron chi connectivity index (χ1n) is 8.49. The average Bonchev–Trinajstić information content (AvgIpc) is 2.73. The number of hydrogen-bond acceptors (Lipinski definition) is 4. The van der Waals surface area contributed by atoms with Crippen molar-refractivity contribution in [3.8, 4) is 22.6 Å². The molecule has 3 aromatic carbocycles. The van der Waals surface area contributed by atoms with Crippen LogP contribution in [0.2, 0.25) is 0 Å². The van der Waals surface area contributed by atoms with E-state index in [0.29, 0.717) is 5.75 Å². The Morgan fingerprint density at radius 3 is 2.41 bits per heavy atom. The van der Waals surface area contributed by atoms with E-state index in [1.54, 1.807) is 13.3 Å². The molecule has 0 spiro atoms. The van der Waals surface area contributed by atoms with Gasteiger partial charge >= 0.3 is 0 Å². The van der Waals surface area contributed by atoms with E-state index < -0.39 is 0 Å². The SMILES string of the molecule is COc1ccc(/C=N\NC(=O)COc2ccccc2-c2ccccc2)cc1. The van der Waals surface area contributed by atoms with E-state index in [2.05, 4.69) is 10.5 Å². The molecule has 5 nitrogen and oxygen atoms in total. The normalized spacial score (nSPS) is 10.6. The molecule has 0 saturated carbocycles. The van der Waals surface area contributed by atoms with Crippen LogP contribution in [0.15, 0.2) is 84.0 Å². The van der Waals surface area contributed by atoms with Gasteiger partial charge in [0.05, 0.1) is 13.3 Å². The molecule has 0 bridgehead atoms. The van der Waals surface area contributed by atoms with Crippen molar-refractivity contribution in [2.45, 2.75) is 0 Å². The van der Waals surface area contributed by atoms with Crippen LogP contribution < -0.4 is 14.9 Å². The van der Waals surface area contributed by atoms with Gasteiger partial charge in [-0.25, -0.2) is 5.43 Å². The Labute approximate surface area is 158 Å². The molecule has 0 heterocycles. The first kappa shape index (κ1) is 18.2. The van der Waals surface area contributed by atoms with Gasteiger partial charge in [0.15, 0.2) is 6.61 Å². The Morgan fingerprint density at radius 2 is 1.67 bits per heavy atom. The Morgan fingerprint density at radius 1 is 0.963 bits per heavy atom. The van der Waals surface area contributed by atoms with Crippen molar-refractivity contribution in [3.63, 3.8) is 0 Å². The van der Waals surface area contributed by atoms with Crippen LogP contribution in [-0.2, 0) is 4.79 Å². The van der Waals surface area contributed by atoms with Gasteiger partial charge < -0.3 is 9.47 Å². The number of ether oxygens (including phenoxy) is 2. The molecule has 27 heavy (non-hydrogen) atoms. The first-order valence-corrected chi connectivity index (χ1v) is 8.49. The summed E-state index contributed by atoms with van der Waals surface area (Å²) in [5.41, 5.74) is 5.29. The third-order valence-corrected chi connectivity index (χ3v) is 3.85. The maximum atomic E-state index is 12.0. The molecule has 1 amide bonds. The van der Waals surface area contributed by atoms with Gasteiger partial charge in [0.1, 0.15) is 11.5 Å². The molecule has 0 fully saturated rings. The summed E-state index contributed by atoms with van der Waals surface area (Å²) in [5.74, 6) is 1.09. The lowest BCUT2D eigenvalue weighted by molar-refractivity contribution is -0.123. The van der Waals surface area contributed by atoms with Gasteiger partial charge in [0.2, 0.25) is 0 Å². The lowest BCUT2D eigenvalue weighted by atomic mass is 10.1. The lowest BCUT2D eigenvalue weighted by Crippen LogP contribution is -2.24. The molecule has 0 radical (unpaired) electrons. The van der Waals surface area contributed by atoms with Crippen molar-refractivity contribution in [2.24, 2.45) is 5.10 Å². The van der Waals surface area contributed by atoms with Crippen molar-refractivity contribution in [3.05, 3.63) is 84.4 Å². The number of carbonyl (C=O) groups is 1. The highest BCUT2D eigenvalue weighted by atomic mass is 16.5. The van der Waals surface area contributed by atoms with Gasteiger partial charge in [-0.05, 0) is 41.5 Å². The van der Waals surface area contributed by atoms with Crippen molar-refractivity contribution in [1.29, 1.82) is 0 Å². The number of hydrazone groups is 1. The molecule has 0 atom stereocenters. The lowest BCUT2D eigenvalue weighted by Gasteiger charge is -2.10. The second kappa shape index (κ2) is 9.20. The standard InChI is InChI=1S/C22H20N2O3/c1-26-19-13-11-17(12-14-19)15-23-24-22(25)16-27-21-10-6-5-9-20(21)18-7-3-2-4-8-18/h2-15H,16H2,1H3,(H,24,25)/b23-15-. The van der Waals surface area contributed by atoms with E-state index in [4.69, 9.17) is 9.47 Å². The smallest absolute Gasteiger partial charge is 0.277 e. The topological polar surface area (TPSA) is 59.9 Å². The van der Waals surface area contributed by atoms with Crippen LogP contribution in [0.4, 0.5) is 0 Å². The minimum absolute atomic E-state index is 0.121. The number of benzene rings is 3. The van der Waals surface area contributed by atoms with Gasteiger partial charge in [-0.2, -0.15) is 5.10 Å². The quantitative estimate of drug-likeness (QED) is 0.514. The minimum atomic E-state index is -0.331. The average molecular weight is 360 g/mol. The van der Waals surface area contributed by atoms with E-state index in [-0.39, 0.29) is 12.5 Å². The highest BCUT2D eigenvalue weighted by Gasteiger charge is 2.07. The fourth-order valence-corrected chi connectivity index (χ4v) is 2.49. The van der Waals surface area contributed by atoms with Gasteiger partial charge in [-0.3, -0.25) is 4.79 Å². The molecule has 136 valence electrons. The third-order valence-electron chi connectivity index (χ3n) is 3.85. The van der Waals surface area contributed by atoms with E-state index in [0.717, 1.165) is 22.4 Å². The third kappa shape index (κ3) is 5.19. The van der Waals surface area contributed by atoms with Crippen LogP contribution in [0.3, 0.4) is 0 Å². The largest absolute Gasteiger partial charge is 0.497 e. The molecule has 0 aliphatic carbocycles. The molecule has 3 aromatic rings. The van der Waals surface area contributed by atoms with Gasteiger partial charge in [-0.1, -0.05) is 48.5 Å². The fourth-order valence-electron chi connectivity index (χ4n) is 2.49. The monoisotopic (exact) mass is 360 g/mol. The molecule has 0 unspecified atom stereocenters. The highest BCUT2D eigenvalue weighted by Crippen LogP contribution is 2.29. The van der Waals surface area contributed by atoms with E-state index in [1.807, 2.05) is 78.9 Å². The summed E-state index contributed by atoms with van der Waals surface area (Å²) in [7, 11) is 1.61. The van der Waals surface area contributed by atoms with Crippen LogP contribution >= 0.6 is 0 Å². The van der Waals surface area contributed by atoms with Crippen molar-refractivity contribution in [2.75, 3.05) is 13.7 Å². The zero-order chi connectivity index (χ0) is 18.9. The number of methoxy groups -OCH3 is 1. The Kier molecular flexibility index (Phi) is 6.20. The Balaban J connectivity index is 1.56. The maximum absolute atomic E-state index is 12.0. The molecule has 0 saturated heterocycles. The molecule has 0 aliphatic rings. The number of nitrogens with zero attached hydrogens (tertiary/aromatic N) is 1. The number of rotatable bonds is 7. The maximum Gasteiger partial charge on any atom is 0.277 e. The number of amides is 1. The summed E-state index contributed by atoms with van der Waals surface area (Å²) in [6, 6.07) is 24.9. The fraction of sp³-hybridized carbons (Fsp3) is 0.0909. The summed E-state index contributed by atoms with van der Waals surface area (Å²) in [5, 5.41) is 3.94. The molecular weight excluding hydrogens is 340 g/mol. The zero-order valence-electron chi connectivity index (χ0n) is 15.0. The number of hydrogen-bond donors (Lipinski definition) is 1. The summed E-state index contributed by atoms with van der Waals surface area (Å²) in [4.78, 5) is 12.0. The summed E-state index contributed by atoms with van der Waals surface area (Å²) >= 11 is 0. The van der Waals surface area contributed by atoms with Crippen LogP contribution in [0.5, 0.6) is 11.5 Å². The molecule has 0 aliphatic heterocycles. The van der Waals surface area contributed by atoms with Crippen molar-refractivity contribution >= 4 is 12.1 Å². The molecule has 3 rings (SSSR count). The molecule has 1 N–H and O–H groups in total. The predicted molar refractivity (Wildman–Crippen MR) is 106 cm³/mol. The molecule has 0 aromatic heterocycles. The van der Waals surface area contributed by atoms with E-state index >= 15 is 0 Å². The molecular formula is C22H20N2O3. The zero-order valence-corrected chi connectivity index (χ0v) is 15.0. The molecule has 5 heteroatoms. The van der Waals surface area contributed by atoms with E-state index in [9.17, 15) is 4.79 Å². The van der Waals surface area contributed by atoms with Gasteiger partial charge in [0, 0.05) is 5.56 Å². The van der Waals surface area contributed by atoms with Crippen LogP contribution in [0, 0.1) is 0 Å². The highest BCUT2D eigenvalue weighted by molar-refractivity contribution is 5.83. The van der Waals surface area contributed by atoms with Crippen LogP contribution in [0.25, 0.3) is 11.1 Å². The first-order chi connectivity index (χ1) is 13.3. The van der Waals surface area contributed by atoms with Gasteiger partial charge in [0.25, 0.3) is 5.91 Å². The van der Waals surface area contributed by atoms with Crippen LogP contribution in [0.1, 0.15) is 5.56 Å². The number of carbonyl (C=O) groups excluding carboxylic acids is 1. The van der Waals surface area contributed by atoms with Gasteiger partial charge in [-0.15, -0.1) is 0 Å². The van der Waals surface area contributed by atoms with Crippen molar-refractivity contribution < 1.29 is 14.3 Å². The summed E-state index contributed by atoms with van der Waals surface area (Å²) < 4.78 is 10.8.